The van der Waals surface area contributed by atoms with Gasteiger partial charge in [-0.15, -0.1) is 0 Å². The Labute approximate surface area is 132 Å². The van der Waals surface area contributed by atoms with E-state index in [1.54, 1.807) is 6.20 Å². The first-order valence-corrected chi connectivity index (χ1v) is 8.09. The number of likely N-dealkylation sites (N-methyl/N-ethyl adjacent to an activating group) is 1. The van der Waals surface area contributed by atoms with Gasteiger partial charge in [-0.25, -0.2) is 9.98 Å². The first kappa shape index (κ1) is 16.5. The van der Waals surface area contributed by atoms with Crippen LogP contribution in [0.25, 0.3) is 0 Å². The monoisotopic (exact) mass is 305 g/mol. The van der Waals surface area contributed by atoms with E-state index >= 15 is 0 Å². The largest absolute Gasteiger partial charge is 0.478 e. The highest BCUT2D eigenvalue weighted by atomic mass is 16.5. The Morgan fingerprint density at radius 1 is 1.55 bits per heavy atom. The number of hydrogen-bond donors (Lipinski definition) is 2. The van der Waals surface area contributed by atoms with Gasteiger partial charge in [0.2, 0.25) is 5.88 Å². The van der Waals surface area contributed by atoms with Gasteiger partial charge in [-0.3, -0.25) is 4.90 Å². The molecule has 122 valence electrons. The van der Waals surface area contributed by atoms with E-state index in [1.165, 1.54) is 19.4 Å². The second kappa shape index (κ2) is 8.58. The van der Waals surface area contributed by atoms with Crippen molar-refractivity contribution in [1.82, 2.24) is 15.2 Å². The summed E-state index contributed by atoms with van der Waals surface area (Å²) < 4.78 is 5.49. The predicted octanol–water partition coefficient (Wildman–Crippen LogP) is 1.37. The van der Waals surface area contributed by atoms with Gasteiger partial charge in [0.1, 0.15) is 0 Å². The van der Waals surface area contributed by atoms with Gasteiger partial charge in [0.25, 0.3) is 0 Å². The molecule has 1 aromatic heterocycles. The van der Waals surface area contributed by atoms with Crippen LogP contribution in [0.4, 0.5) is 0 Å². The Hall–Kier alpha value is -1.82. The van der Waals surface area contributed by atoms with E-state index in [1.807, 2.05) is 19.1 Å². The number of aliphatic imine (C=N–C) groups is 1. The van der Waals surface area contributed by atoms with Crippen LogP contribution in [0.2, 0.25) is 0 Å². The van der Waals surface area contributed by atoms with E-state index < -0.39 is 0 Å². The van der Waals surface area contributed by atoms with E-state index in [4.69, 9.17) is 10.5 Å². The van der Waals surface area contributed by atoms with Crippen LogP contribution < -0.4 is 15.8 Å². The van der Waals surface area contributed by atoms with Gasteiger partial charge >= 0.3 is 0 Å². The maximum atomic E-state index is 5.97. The normalized spacial score (nSPS) is 19.4. The fourth-order valence-electron chi connectivity index (χ4n) is 2.80. The van der Waals surface area contributed by atoms with Crippen LogP contribution in [0.15, 0.2) is 23.3 Å². The number of nitrogens with two attached hydrogens (primary N) is 1. The molecule has 6 heteroatoms. The molecule has 1 fully saturated rings. The molecule has 0 radical (unpaired) electrons. The number of likely N-dealkylation sites (tertiary alicyclic amines) is 1. The third-order valence-electron chi connectivity index (χ3n) is 3.97. The lowest BCUT2D eigenvalue weighted by Crippen LogP contribution is -2.42. The summed E-state index contributed by atoms with van der Waals surface area (Å²) in [7, 11) is 0. The molecular formula is C16H27N5O. The van der Waals surface area contributed by atoms with E-state index in [0.29, 0.717) is 31.0 Å². The van der Waals surface area contributed by atoms with Gasteiger partial charge in [-0.1, -0.05) is 13.0 Å². The highest BCUT2D eigenvalue weighted by Gasteiger charge is 2.22. The lowest BCUT2D eigenvalue weighted by atomic mass is 10.2. The molecule has 0 bridgehead atoms. The van der Waals surface area contributed by atoms with Gasteiger partial charge in [-0.05, 0) is 38.9 Å². The molecule has 6 nitrogen and oxygen atoms in total. The van der Waals surface area contributed by atoms with Crippen molar-refractivity contribution in [3.63, 3.8) is 0 Å². The van der Waals surface area contributed by atoms with Crippen LogP contribution in [0.5, 0.6) is 5.88 Å². The smallest absolute Gasteiger partial charge is 0.218 e. The highest BCUT2D eigenvalue weighted by Crippen LogP contribution is 2.16. The van der Waals surface area contributed by atoms with Gasteiger partial charge in [0.15, 0.2) is 5.96 Å². The van der Waals surface area contributed by atoms with Gasteiger partial charge in [-0.2, -0.15) is 0 Å². The number of pyridine rings is 1. The molecule has 1 aliphatic heterocycles. The Morgan fingerprint density at radius 3 is 3.18 bits per heavy atom. The van der Waals surface area contributed by atoms with Crippen LogP contribution >= 0.6 is 0 Å². The number of guanidine groups is 1. The average Bonchev–Trinajstić information content (AvgIpc) is 3.00. The number of hydrogen-bond acceptors (Lipinski definition) is 4. The summed E-state index contributed by atoms with van der Waals surface area (Å²) in [5, 5.41) is 3.24. The molecule has 0 amide bonds. The van der Waals surface area contributed by atoms with E-state index in [0.717, 1.165) is 18.7 Å². The Balaban J connectivity index is 1.85. The molecule has 3 N–H and O–H groups in total. The fourth-order valence-corrected chi connectivity index (χ4v) is 2.80. The molecule has 1 unspecified atom stereocenters. The van der Waals surface area contributed by atoms with Crippen molar-refractivity contribution < 1.29 is 4.74 Å². The predicted molar refractivity (Wildman–Crippen MR) is 89.0 cm³/mol. The summed E-state index contributed by atoms with van der Waals surface area (Å²) in [6, 6.07) is 4.41. The maximum Gasteiger partial charge on any atom is 0.218 e. The van der Waals surface area contributed by atoms with Crippen molar-refractivity contribution in [1.29, 1.82) is 0 Å². The zero-order valence-electron chi connectivity index (χ0n) is 13.6. The maximum absolute atomic E-state index is 5.97. The minimum atomic E-state index is 0.476. The molecule has 0 saturated carbocycles. The molecule has 2 rings (SSSR count). The van der Waals surface area contributed by atoms with Crippen LogP contribution in [-0.4, -0.2) is 48.1 Å². The lowest BCUT2D eigenvalue weighted by molar-refractivity contribution is 0.267. The van der Waals surface area contributed by atoms with Crippen molar-refractivity contribution >= 4 is 5.96 Å². The third-order valence-corrected chi connectivity index (χ3v) is 3.97. The van der Waals surface area contributed by atoms with Crippen molar-refractivity contribution in [2.75, 3.05) is 26.2 Å². The van der Waals surface area contributed by atoms with Crippen molar-refractivity contribution in [2.45, 2.75) is 39.3 Å². The summed E-state index contributed by atoms with van der Waals surface area (Å²) in [6.07, 6.45) is 4.22. The topological polar surface area (TPSA) is 75.8 Å². The highest BCUT2D eigenvalue weighted by molar-refractivity contribution is 5.77. The molecule has 1 aliphatic rings. The molecule has 2 heterocycles. The zero-order valence-corrected chi connectivity index (χ0v) is 13.6. The van der Waals surface area contributed by atoms with Crippen molar-refractivity contribution in [2.24, 2.45) is 10.7 Å². The van der Waals surface area contributed by atoms with Gasteiger partial charge in [0, 0.05) is 24.3 Å². The molecule has 1 saturated heterocycles. The van der Waals surface area contributed by atoms with Crippen LogP contribution in [-0.2, 0) is 6.54 Å². The third kappa shape index (κ3) is 4.59. The van der Waals surface area contributed by atoms with Crippen LogP contribution in [0.3, 0.4) is 0 Å². The number of aromatic nitrogens is 1. The van der Waals surface area contributed by atoms with Gasteiger partial charge in [0.05, 0.1) is 13.2 Å². The molecule has 1 atom stereocenters. The Bertz CT molecular complexity index is 491. The second-order valence-corrected chi connectivity index (χ2v) is 5.41. The summed E-state index contributed by atoms with van der Waals surface area (Å²) in [5.74, 6) is 1.11. The standard InChI is InChI=1S/C16H27N5O/c1-3-21-10-6-8-14(21)12-20-16(17)19-11-13-7-5-9-18-15(13)22-4-2/h5,7,9,14H,3-4,6,8,10-12H2,1-2H3,(H3,17,19,20). The molecule has 1 aromatic rings. The minimum Gasteiger partial charge on any atom is -0.478 e. The van der Waals surface area contributed by atoms with E-state index in [2.05, 4.69) is 27.1 Å². The fraction of sp³-hybridized carbons (Fsp3) is 0.625. The Morgan fingerprint density at radius 2 is 2.41 bits per heavy atom. The molecular weight excluding hydrogens is 278 g/mol. The van der Waals surface area contributed by atoms with Crippen LogP contribution in [0, 0.1) is 0 Å². The van der Waals surface area contributed by atoms with Gasteiger partial charge < -0.3 is 15.8 Å². The summed E-state index contributed by atoms with van der Waals surface area (Å²) in [6.45, 7) is 8.35. The zero-order chi connectivity index (χ0) is 15.8. The summed E-state index contributed by atoms with van der Waals surface area (Å²) >= 11 is 0. The number of rotatable bonds is 7. The Kier molecular flexibility index (Phi) is 6.45. The number of nitrogens with zero attached hydrogens (tertiary/aromatic N) is 3. The summed E-state index contributed by atoms with van der Waals surface area (Å²) in [4.78, 5) is 11.1. The molecule has 22 heavy (non-hydrogen) atoms. The van der Waals surface area contributed by atoms with Crippen molar-refractivity contribution in [3.05, 3.63) is 23.9 Å². The SMILES string of the molecule is CCOc1ncccc1CN=C(N)NCC1CCCN1CC. The summed E-state index contributed by atoms with van der Waals surface area (Å²) in [5.41, 5.74) is 6.92. The first-order valence-electron chi connectivity index (χ1n) is 8.09. The quantitative estimate of drug-likeness (QED) is 0.588. The first-order chi connectivity index (χ1) is 10.7. The lowest BCUT2D eigenvalue weighted by Gasteiger charge is -2.23. The van der Waals surface area contributed by atoms with Crippen molar-refractivity contribution in [3.8, 4) is 5.88 Å². The molecule has 0 aliphatic carbocycles. The van der Waals surface area contributed by atoms with Crippen LogP contribution in [0.1, 0.15) is 32.3 Å². The van der Waals surface area contributed by atoms with E-state index in [9.17, 15) is 0 Å². The molecule has 0 spiro atoms. The second-order valence-electron chi connectivity index (χ2n) is 5.41. The molecule has 0 aromatic carbocycles. The minimum absolute atomic E-state index is 0.476. The number of ether oxygens (including phenoxy) is 1. The average molecular weight is 305 g/mol. The number of nitrogens with one attached hydrogen (secondary N) is 1. The van der Waals surface area contributed by atoms with E-state index in [-0.39, 0.29) is 0 Å².